The van der Waals surface area contributed by atoms with Crippen molar-refractivity contribution in [3.05, 3.63) is 0 Å². The van der Waals surface area contributed by atoms with E-state index in [0.29, 0.717) is 13.2 Å². The highest BCUT2D eigenvalue weighted by Gasteiger charge is 2.42. The van der Waals surface area contributed by atoms with E-state index in [1.165, 1.54) is 12.8 Å². The van der Waals surface area contributed by atoms with E-state index >= 15 is 0 Å². The Bertz CT molecular complexity index is 160. The van der Waals surface area contributed by atoms with Crippen LogP contribution in [0.15, 0.2) is 0 Å². The lowest BCUT2D eigenvalue weighted by atomic mass is 10.1. The largest absolute Gasteiger partial charge is 0.677 e. The Morgan fingerprint density at radius 3 is 2.06 bits per heavy atom. The summed E-state index contributed by atoms with van der Waals surface area (Å²) in [7, 11) is -3.37. The van der Waals surface area contributed by atoms with Gasteiger partial charge in [0.05, 0.1) is 0 Å². The van der Waals surface area contributed by atoms with E-state index < -0.39 is 9.05 Å². The minimum absolute atomic E-state index is 0.0127. The van der Waals surface area contributed by atoms with Crippen molar-refractivity contribution in [1.82, 2.24) is 0 Å². The van der Waals surface area contributed by atoms with Crippen LogP contribution in [0.4, 0.5) is 0 Å². The Kier molecular flexibility index (Phi) is 9.16. The fourth-order valence-corrected chi connectivity index (χ4v) is 3.04. The maximum Gasteiger partial charge on any atom is 0.677 e. The molecule has 16 heavy (non-hydrogen) atoms. The Morgan fingerprint density at radius 2 is 1.62 bits per heavy atom. The van der Waals surface area contributed by atoms with Crippen molar-refractivity contribution in [2.24, 2.45) is 0 Å². The SMILES string of the molecule is CCCCCC(C)O[Si](O)(OCC)OCC. The second-order valence-electron chi connectivity index (χ2n) is 3.81. The Hall–Kier alpha value is 0.0569. The lowest BCUT2D eigenvalue weighted by Crippen LogP contribution is -2.48. The normalized spacial score (nSPS) is 14.1. The van der Waals surface area contributed by atoms with Gasteiger partial charge in [-0.2, -0.15) is 0 Å². The van der Waals surface area contributed by atoms with Gasteiger partial charge in [0.2, 0.25) is 0 Å². The summed E-state index contributed by atoms with van der Waals surface area (Å²) in [4.78, 5) is 10.0. The van der Waals surface area contributed by atoms with Gasteiger partial charge >= 0.3 is 9.05 Å². The molecule has 0 bridgehead atoms. The van der Waals surface area contributed by atoms with Gasteiger partial charge in [0.1, 0.15) is 0 Å². The highest BCUT2D eigenvalue weighted by Crippen LogP contribution is 2.13. The van der Waals surface area contributed by atoms with Gasteiger partial charge < -0.3 is 18.1 Å². The number of hydrogen-bond acceptors (Lipinski definition) is 4. The minimum atomic E-state index is -3.37. The van der Waals surface area contributed by atoms with Crippen LogP contribution >= 0.6 is 0 Å². The average molecular weight is 250 g/mol. The molecule has 5 heteroatoms. The van der Waals surface area contributed by atoms with Crippen molar-refractivity contribution in [3.8, 4) is 0 Å². The standard InChI is InChI=1S/C11H26O4Si/c1-5-8-9-10-11(4)15-16(12,13-6-2)14-7-3/h11-12H,5-10H2,1-4H3. The molecule has 0 spiro atoms. The average Bonchev–Trinajstić information content (AvgIpc) is 2.18. The predicted octanol–water partition coefficient (Wildman–Crippen LogP) is 2.47. The summed E-state index contributed by atoms with van der Waals surface area (Å²) < 4.78 is 15.9. The third-order valence-electron chi connectivity index (χ3n) is 2.22. The van der Waals surface area contributed by atoms with Gasteiger partial charge in [-0.1, -0.05) is 26.2 Å². The summed E-state index contributed by atoms with van der Waals surface area (Å²) in [6.45, 7) is 8.57. The van der Waals surface area contributed by atoms with Crippen molar-refractivity contribution in [2.45, 2.75) is 59.5 Å². The van der Waals surface area contributed by atoms with Crippen LogP contribution in [0, 0.1) is 0 Å². The van der Waals surface area contributed by atoms with Crippen LogP contribution in [0.1, 0.15) is 53.4 Å². The van der Waals surface area contributed by atoms with E-state index in [9.17, 15) is 4.80 Å². The molecule has 0 aromatic rings. The van der Waals surface area contributed by atoms with Crippen LogP contribution < -0.4 is 0 Å². The molecule has 0 amide bonds. The van der Waals surface area contributed by atoms with E-state index in [2.05, 4.69) is 6.92 Å². The molecule has 1 unspecified atom stereocenters. The summed E-state index contributed by atoms with van der Waals surface area (Å²) >= 11 is 0. The highest BCUT2D eigenvalue weighted by atomic mass is 28.4. The van der Waals surface area contributed by atoms with Gasteiger partial charge in [0, 0.05) is 19.3 Å². The zero-order valence-corrected chi connectivity index (χ0v) is 12.0. The Morgan fingerprint density at radius 1 is 1.06 bits per heavy atom. The third kappa shape index (κ3) is 7.35. The molecular weight excluding hydrogens is 224 g/mol. The summed E-state index contributed by atoms with van der Waals surface area (Å²) in [5.74, 6) is 0. The minimum Gasteiger partial charge on any atom is -0.367 e. The van der Waals surface area contributed by atoms with Crippen LogP contribution in [0.5, 0.6) is 0 Å². The zero-order valence-electron chi connectivity index (χ0n) is 11.0. The van der Waals surface area contributed by atoms with Gasteiger partial charge in [-0.05, 0) is 27.2 Å². The van der Waals surface area contributed by atoms with E-state index in [1.54, 1.807) is 0 Å². The summed E-state index contributed by atoms with van der Waals surface area (Å²) in [6.07, 6.45) is 4.41. The molecular formula is C11H26O4Si. The zero-order chi connectivity index (χ0) is 12.4. The topological polar surface area (TPSA) is 47.9 Å². The van der Waals surface area contributed by atoms with Crippen LogP contribution in [-0.4, -0.2) is 33.2 Å². The molecule has 0 aliphatic heterocycles. The van der Waals surface area contributed by atoms with Gasteiger partial charge in [0.15, 0.2) is 0 Å². The molecule has 1 N–H and O–H groups in total. The maximum atomic E-state index is 10.0. The van der Waals surface area contributed by atoms with Gasteiger partial charge in [-0.15, -0.1) is 0 Å². The molecule has 4 nitrogen and oxygen atoms in total. The summed E-state index contributed by atoms with van der Waals surface area (Å²) in [6, 6.07) is 0. The second kappa shape index (κ2) is 9.12. The monoisotopic (exact) mass is 250 g/mol. The van der Waals surface area contributed by atoms with E-state index in [4.69, 9.17) is 13.3 Å². The van der Waals surface area contributed by atoms with E-state index in [0.717, 1.165) is 12.8 Å². The molecule has 0 saturated heterocycles. The first kappa shape index (κ1) is 16.1. The van der Waals surface area contributed by atoms with E-state index in [1.807, 2.05) is 20.8 Å². The molecule has 1 atom stereocenters. The molecule has 98 valence electrons. The third-order valence-corrected chi connectivity index (χ3v) is 4.22. The number of unbranched alkanes of at least 4 members (excludes halogenated alkanes) is 2. The molecule has 0 rings (SSSR count). The van der Waals surface area contributed by atoms with Crippen LogP contribution in [0.2, 0.25) is 0 Å². The quantitative estimate of drug-likeness (QED) is 0.478. The molecule has 0 aliphatic carbocycles. The first-order valence-electron chi connectivity index (χ1n) is 6.26. The lowest BCUT2D eigenvalue weighted by Gasteiger charge is -2.25. The van der Waals surface area contributed by atoms with E-state index in [-0.39, 0.29) is 6.10 Å². The lowest BCUT2D eigenvalue weighted by molar-refractivity contribution is -0.0260. The molecule has 0 radical (unpaired) electrons. The smallest absolute Gasteiger partial charge is 0.367 e. The molecule has 0 saturated carbocycles. The van der Waals surface area contributed by atoms with Crippen LogP contribution in [0.25, 0.3) is 0 Å². The Balaban J connectivity index is 3.96. The molecule has 0 fully saturated rings. The summed E-state index contributed by atoms with van der Waals surface area (Å²) in [5, 5.41) is 0. The van der Waals surface area contributed by atoms with Crippen molar-refractivity contribution < 1.29 is 18.1 Å². The first-order valence-corrected chi connectivity index (χ1v) is 7.93. The molecule has 0 aromatic heterocycles. The molecule has 0 aliphatic rings. The van der Waals surface area contributed by atoms with Crippen molar-refractivity contribution in [2.75, 3.05) is 13.2 Å². The molecule has 0 aromatic carbocycles. The second-order valence-corrected chi connectivity index (χ2v) is 5.67. The van der Waals surface area contributed by atoms with Crippen molar-refractivity contribution >= 4 is 9.05 Å². The van der Waals surface area contributed by atoms with Gasteiger partial charge in [0.25, 0.3) is 0 Å². The van der Waals surface area contributed by atoms with Crippen LogP contribution in [-0.2, 0) is 13.3 Å². The van der Waals surface area contributed by atoms with Gasteiger partial charge in [-0.25, -0.2) is 0 Å². The molecule has 0 heterocycles. The van der Waals surface area contributed by atoms with Crippen molar-refractivity contribution in [1.29, 1.82) is 0 Å². The maximum absolute atomic E-state index is 10.0. The number of hydrogen-bond donors (Lipinski definition) is 1. The van der Waals surface area contributed by atoms with Crippen molar-refractivity contribution in [3.63, 3.8) is 0 Å². The fourth-order valence-electron chi connectivity index (χ4n) is 1.47. The Labute approximate surface area is 100 Å². The first-order chi connectivity index (χ1) is 7.58. The highest BCUT2D eigenvalue weighted by molar-refractivity contribution is 6.51. The van der Waals surface area contributed by atoms with Crippen LogP contribution in [0.3, 0.4) is 0 Å². The number of rotatable bonds is 10. The fraction of sp³-hybridized carbons (Fsp3) is 1.00. The van der Waals surface area contributed by atoms with Gasteiger partial charge in [-0.3, -0.25) is 0 Å². The summed E-state index contributed by atoms with van der Waals surface area (Å²) in [5.41, 5.74) is 0. The predicted molar refractivity (Wildman–Crippen MR) is 65.9 cm³/mol.